The van der Waals surface area contributed by atoms with Crippen molar-refractivity contribution in [2.75, 3.05) is 24.8 Å². The van der Waals surface area contributed by atoms with E-state index in [1.54, 1.807) is 31.6 Å². The molecule has 0 spiro atoms. The summed E-state index contributed by atoms with van der Waals surface area (Å²) in [6.07, 6.45) is 3.36. The van der Waals surface area contributed by atoms with E-state index in [0.717, 1.165) is 5.56 Å². The van der Waals surface area contributed by atoms with Gasteiger partial charge in [-0.3, -0.25) is 14.3 Å². The number of hydrogen-bond acceptors (Lipinski definition) is 6. The highest BCUT2D eigenvalue weighted by molar-refractivity contribution is 7.99. The van der Waals surface area contributed by atoms with Gasteiger partial charge in [0.15, 0.2) is 11.0 Å². The van der Waals surface area contributed by atoms with Crippen LogP contribution in [0.5, 0.6) is 0 Å². The average molecular weight is 387 g/mol. The topological polar surface area (TPSA) is 81.9 Å². The van der Waals surface area contributed by atoms with Crippen LogP contribution in [0.2, 0.25) is 0 Å². The molecular formula is C18H18FN5O2S. The van der Waals surface area contributed by atoms with E-state index in [1.807, 2.05) is 16.7 Å². The normalized spacial score (nSPS) is 10.7. The molecular weight excluding hydrogens is 369 g/mol. The lowest BCUT2D eigenvalue weighted by Gasteiger charge is -2.10. The van der Waals surface area contributed by atoms with Crippen molar-refractivity contribution in [3.05, 3.63) is 54.6 Å². The van der Waals surface area contributed by atoms with Crippen LogP contribution < -0.4 is 5.32 Å². The average Bonchev–Trinajstić information content (AvgIpc) is 3.10. The molecule has 0 saturated heterocycles. The van der Waals surface area contributed by atoms with E-state index in [4.69, 9.17) is 4.74 Å². The molecule has 3 aromatic rings. The Morgan fingerprint density at radius 2 is 2.00 bits per heavy atom. The fourth-order valence-electron chi connectivity index (χ4n) is 2.37. The van der Waals surface area contributed by atoms with Gasteiger partial charge in [-0.05, 0) is 24.3 Å². The molecule has 0 radical (unpaired) electrons. The molecule has 2 aromatic heterocycles. The number of pyridine rings is 1. The fourth-order valence-corrected chi connectivity index (χ4v) is 3.14. The zero-order valence-electron chi connectivity index (χ0n) is 14.6. The smallest absolute Gasteiger partial charge is 0.234 e. The molecule has 1 amide bonds. The Balaban J connectivity index is 1.71. The molecule has 2 heterocycles. The molecule has 0 saturated carbocycles. The van der Waals surface area contributed by atoms with Crippen LogP contribution >= 0.6 is 11.8 Å². The van der Waals surface area contributed by atoms with E-state index in [2.05, 4.69) is 20.5 Å². The number of nitrogens with one attached hydrogen (secondary N) is 1. The Hall–Kier alpha value is -2.78. The van der Waals surface area contributed by atoms with Crippen LogP contribution in [0.3, 0.4) is 0 Å². The number of rotatable bonds is 8. The molecule has 7 nitrogen and oxygen atoms in total. The Kier molecular flexibility index (Phi) is 6.50. The minimum Gasteiger partial charge on any atom is -0.383 e. The van der Waals surface area contributed by atoms with Crippen molar-refractivity contribution in [2.24, 2.45) is 0 Å². The second-order valence-electron chi connectivity index (χ2n) is 5.50. The Labute approximate surface area is 160 Å². The molecule has 27 heavy (non-hydrogen) atoms. The molecule has 0 aliphatic heterocycles. The zero-order chi connectivity index (χ0) is 19.1. The molecule has 0 atom stereocenters. The summed E-state index contributed by atoms with van der Waals surface area (Å²) in [6, 6.07) is 9.72. The summed E-state index contributed by atoms with van der Waals surface area (Å²) < 4.78 is 20.7. The van der Waals surface area contributed by atoms with Crippen LogP contribution in [-0.4, -0.2) is 45.1 Å². The maximum Gasteiger partial charge on any atom is 0.234 e. The summed E-state index contributed by atoms with van der Waals surface area (Å²) in [4.78, 5) is 16.2. The number of methoxy groups -OCH3 is 1. The van der Waals surface area contributed by atoms with Crippen molar-refractivity contribution in [2.45, 2.75) is 11.7 Å². The molecule has 9 heteroatoms. The molecule has 1 aromatic carbocycles. The van der Waals surface area contributed by atoms with Gasteiger partial charge >= 0.3 is 0 Å². The number of hydrogen-bond donors (Lipinski definition) is 1. The number of thioether (sulfide) groups is 1. The fraction of sp³-hybridized carbons (Fsp3) is 0.222. The van der Waals surface area contributed by atoms with Gasteiger partial charge in [-0.15, -0.1) is 10.2 Å². The molecule has 1 N–H and O–H groups in total. The third-order valence-electron chi connectivity index (χ3n) is 3.65. The van der Waals surface area contributed by atoms with E-state index >= 15 is 0 Å². The first-order valence-electron chi connectivity index (χ1n) is 8.18. The summed E-state index contributed by atoms with van der Waals surface area (Å²) in [5.41, 5.74) is 1.03. The van der Waals surface area contributed by atoms with Crippen LogP contribution in [0.1, 0.15) is 0 Å². The molecule has 0 bridgehead atoms. The minimum absolute atomic E-state index is 0.0792. The maximum atomic E-state index is 13.6. The van der Waals surface area contributed by atoms with E-state index < -0.39 is 5.82 Å². The number of aromatic nitrogens is 4. The Morgan fingerprint density at radius 1 is 1.22 bits per heavy atom. The highest BCUT2D eigenvalue weighted by Gasteiger charge is 2.16. The van der Waals surface area contributed by atoms with Gasteiger partial charge in [-0.1, -0.05) is 23.9 Å². The molecule has 0 aliphatic carbocycles. The number of ether oxygens (including phenoxy) is 1. The number of para-hydroxylation sites is 1. The summed E-state index contributed by atoms with van der Waals surface area (Å²) in [7, 11) is 1.62. The largest absolute Gasteiger partial charge is 0.383 e. The lowest BCUT2D eigenvalue weighted by atomic mass is 10.2. The quantitative estimate of drug-likeness (QED) is 0.599. The molecule has 140 valence electrons. The predicted octanol–water partition coefficient (Wildman–Crippen LogP) is 2.86. The van der Waals surface area contributed by atoms with Crippen LogP contribution in [-0.2, 0) is 16.1 Å². The molecule has 0 unspecified atom stereocenters. The van der Waals surface area contributed by atoms with Gasteiger partial charge in [0.05, 0.1) is 24.6 Å². The van der Waals surface area contributed by atoms with Gasteiger partial charge in [-0.2, -0.15) is 0 Å². The standard InChI is InChI=1S/C18H18FN5O2S/c1-26-11-10-24-17(13-6-8-20-9-7-13)22-23-18(24)27-12-16(25)21-15-5-3-2-4-14(15)19/h2-9H,10-12H2,1H3,(H,21,25). The first-order valence-corrected chi connectivity index (χ1v) is 9.17. The number of carbonyl (C=O) groups is 1. The van der Waals surface area contributed by atoms with Crippen LogP contribution in [0.15, 0.2) is 53.9 Å². The molecule has 0 fully saturated rings. The lowest BCUT2D eigenvalue weighted by molar-refractivity contribution is -0.113. The van der Waals surface area contributed by atoms with Crippen LogP contribution in [0.4, 0.5) is 10.1 Å². The number of anilines is 1. The number of nitrogens with zero attached hydrogens (tertiary/aromatic N) is 4. The maximum absolute atomic E-state index is 13.6. The van der Waals surface area contributed by atoms with E-state index in [9.17, 15) is 9.18 Å². The number of carbonyl (C=O) groups excluding carboxylic acids is 1. The SMILES string of the molecule is COCCn1c(SCC(=O)Nc2ccccc2F)nnc1-c1ccncc1. The van der Waals surface area contributed by atoms with Crippen molar-refractivity contribution < 1.29 is 13.9 Å². The van der Waals surface area contributed by atoms with E-state index in [-0.39, 0.29) is 17.3 Å². The summed E-state index contributed by atoms with van der Waals surface area (Å²) in [5, 5.41) is 11.6. The first-order chi connectivity index (χ1) is 13.2. The van der Waals surface area contributed by atoms with Crippen molar-refractivity contribution in [3.8, 4) is 11.4 Å². The third kappa shape index (κ3) is 4.89. The number of benzene rings is 1. The van der Waals surface area contributed by atoms with E-state index in [0.29, 0.717) is 24.1 Å². The highest BCUT2D eigenvalue weighted by atomic mass is 32.2. The van der Waals surface area contributed by atoms with Crippen molar-refractivity contribution >= 4 is 23.4 Å². The minimum atomic E-state index is -0.473. The molecule has 3 rings (SSSR count). The summed E-state index contributed by atoms with van der Waals surface area (Å²) >= 11 is 1.23. The van der Waals surface area contributed by atoms with Crippen molar-refractivity contribution in [1.82, 2.24) is 19.7 Å². The third-order valence-corrected chi connectivity index (χ3v) is 4.62. The zero-order valence-corrected chi connectivity index (χ0v) is 15.4. The number of halogens is 1. The van der Waals surface area contributed by atoms with Gasteiger partial charge in [0, 0.05) is 25.1 Å². The van der Waals surface area contributed by atoms with Gasteiger partial charge < -0.3 is 10.1 Å². The summed E-state index contributed by atoms with van der Waals surface area (Å²) in [5.74, 6) is -0.0436. The Morgan fingerprint density at radius 3 is 2.74 bits per heavy atom. The van der Waals surface area contributed by atoms with Crippen LogP contribution in [0.25, 0.3) is 11.4 Å². The second-order valence-corrected chi connectivity index (χ2v) is 6.45. The lowest BCUT2D eigenvalue weighted by Crippen LogP contribution is -2.16. The molecule has 0 aliphatic rings. The summed E-state index contributed by atoms with van der Waals surface area (Å²) in [6.45, 7) is 1.02. The van der Waals surface area contributed by atoms with Gasteiger partial charge in [-0.25, -0.2) is 4.39 Å². The first kappa shape index (κ1) is 19.0. The van der Waals surface area contributed by atoms with Gasteiger partial charge in [0.2, 0.25) is 5.91 Å². The monoisotopic (exact) mass is 387 g/mol. The van der Waals surface area contributed by atoms with Crippen molar-refractivity contribution in [3.63, 3.8) is 0 Å². The number of amides is 1. The predicted molar refractivity (Wildman–Crippen MR) is 101 cm³/mol. The van der Waals surface area contributed by atoms with E-state index in [1.165, 1.54) is 23.9 Å². The van der Waals surface area contributed by atoms with Crippen LogP contribution in [0, 0.1) is 5.82 Å². The second kappa shape index (κ2) is 9.24. The Bertz CT molecular complexity index is 904. The van der Waals surface area contributed by atoms with Gasteiger partial charge in [0.1, 0.15) is 5.82 Å². The van der Waals surface area contributed by atoms with Crippen molar-refractivity contribution in [1.29, 1.82) is 0 Å². The highest BCUT2D eigenvalue weighted by Crippen LogP contribution is 2.24. The van der Waals surface area contributed by atoms with Gasteiger partial charge in [0.25, 0.3) is 0 Å².